The number of aliphatic hydroxyl groups excluding tert-OH is 1. The van der Waals surface area contributed by atoms with Gasteiger partial charge >= 0.3 is 6.03 Å². The van der Waals surface area contributed by atoms with Crippen molar-refractivity contribution in [1.29, 1.82) is 0 Å². The molecule has 3 N–H and O–H groups in total. The lowest BCUT2D eigenvalue weighted by Gasteiger charge is -2.11. The Labute approximate surface area is 118 Å². The van der Waals surface area contributed by atoms with E-state index in [2.05, 4.69) is 29.5 Å². The van der Waals surface area contributed by atoms with E-state index in [0.717, 1.165) is 10.7 Å². The van der Waals surface area contributed by atoms with E-state index < -0.39 is 0 Å². The first-order valence-corrected chi connectivity index (χ1v) is 7.47. The summed E-state index contributed by atoms with van der Waals surface area (Å²) in [4.78, 5) is 16.0. The molecule has 1 heterocycles. The Kier molecular flexibility index (Phi) is 6.80. The fourth-order valence-corrected chi connectivity index (χ4v) is 2.33. The number of nitrogens with one attached hydrogen (secondary N) is 2. The van der Waals surface area contributed by atoms with Crippen LogP contribution >= 0.6 is 11.3 Å². The molecule has 6 heteroatoms. The summed E-state index contributed by atoms with van der Waals surface area (Å²) in [6.45, 7) is 7.37. The van der Waals surface area contributed by atoms with Gasteiger partial charge in [0, 0.05) is 24.4 Å². The quantitative estimate of drug-likeness (QED) is 0.718. The first kappa shape index (κ1) is 15.9. The van der Waals surface area contributed by atoms with Crippen LogP contribution in [0.15, 0.2) is 5.38 Å². The Bertz CT molecular complexity index is 393. The van der Waals surface area contributed by atoms with Crippen LogP contribution in [0.2, 0.25) is 0 Å². The van der Waals surface area contributed by atoms with Crippen molar-refractivity contribution in [2.75, 3.05) is 13.2 Å². The zero-order valence-corrected chi connectivity index (χ0v) is 12.6. The van der Waals surface area contributed by atoms with Crippen LogP contribution in [0.4, 0.5) is 4.79 Å². The highest BCUT2D eigenvalue weighted by Gasteiger charge is 2.08. The first-order valence-electron chi connectivity index (χ1n) is 6.59. The highest BCUT2D eigenvalue weighted by Crippen LogP contribution is 2.18. The summed E-state index contributed by atoms with van der Waals surface area (Å²) in [5, 5.41) is 17.4. The average molecular weight is 285 g/mol. The van der Waals surface area contributed by atoms with E-state index in [9.17, 15) is 4.79 Å². The van der Waals surface area contributed by atoms with Crippen molar-refractivity contribution < 1.29 is 9.90 Å². The summed E-state index contributed by atoms with van der Waals surface area (Å²) >= 11 is 1.62. The molecule has 1 unspecified atom stereocenters. The molecule has 1 aromatic rings. The Hall–Kier alpha value is -1.14. The predicted octanol–water partition coefficient (Wildman–Crippen LogP) is 2.08. The lowest BCUT2D eigenvalue weighted by Crippen LogP contribution is -2.37. The van der Waals surface area contributed by atoms with Crippen molar-refractivity contribution in [3.63, 3.8) is 0 Å². The normalized spacial score (nSPS) is 12.5. The van der Waals surface area contributed by atoms with Gasteiger partial charge in [-0.1, -0.05) is 20.8 Å². The molecule has 0 aliphatic carbocycles. The summed E-state index contributed by atoms with van der Waals surface area (Å²) in [6.07, 6.45) is 0.699. The van der Waals surface area contributed by atoms with Crippen molar-refractivity contribution in [3.05, 3.63) is 16.1 Å². The van der Waals surface area contributed by atoms with Gasteiger partial charge in [-0.05, 0) is 12.3 Å². The van der Waals surface area contributed by atoms with Crippen LogP contribution in [0.5, 0.6) is 0 Å². The van der Waals surface area contributed by atoms with Crippen LogP contribution < -0.4 is 10.6 Å². The smallest absolute Gasteiger partial charge is 0.315 e. The van der Waals surface area contributed by atoms with Gasteiger partial charge in [0.25, 0.3) is 0 Å². The summed E-state index contributed by atoms with van der Waals surface area (Å²) < 4.78 is 0. The maximum Gasteiger partial charge on any atom is 0.315 e. The van der Waals surface area contributed by atoms with Gasteiger partial charge in [-0.3, -0.25) is 0 Å². The summed E-state index contributed by atoms with van der Waals surface area (Å²) in [5.41, 5.74) is 0.896. The fraction of sp³-hybridized carbons (Fsp3) is 0.692. The Morgan fingerprint density at radius 1 is 1.42 bits per heavy atom. The van der Waals surface area contributed by atoms with E-state index in [1.807, 2.05) is 12.3 Å². The van der Waals surface area contributed by atoms with E-state index in [1.54, 1.807) is 11.3 Å². The maximum atomic E-state index is 11.6. The minimum Gasteiger partial charge on any atom is -0.396 e. The molecule has 0 aliphatic heterocycles. The Morgan fingerprint density at radius 2 is 2.16 bits per heavy atom. The number of carbonyl (C=O) groups is 1. The monoisotopic (exact) mass is 285 g/mol. The van der Waals surface area contributed by atoms with E-state index in [-0.39, 0.29) is 18.6 Å². The van der Waals surface area contributed by atoms with Gasteiger partial charge in [0.1, 0.15) is 0 Å². The molecule has 0 saturated heterocycles. The second-order valence-corrected chi connectivity index (χ2v) is 5.90. The summed E-state index contributed by atoms with van der Waals surface area (Å²) in [6, 6.07) is -0.191. The molecule has 19 heavy (non-hydrogen) atoms. The number of aliphatic hydroxyl groups is 1. The molecule has 5 nitrogen and oxygen atoms in total. The highest BCUT2D eigenvalue weighted by molar-refractivity contribution is 7.09. The van der Waals surface area contributed by atoms with Crippen molar-refractivity contribution in [2.24, 2.45) is 5.92 Å². The van der Waals surface area contributed by atoms with E-state index >= 15 is 0 Å². The third-order valence-electron chi connectivity index (χ3n) is 2.73. The van der Waals surface area contributed by atoms with Gasteiger partial charge in [-0.25, -0.2) is 9.78 Å². The van der Waals surface area contributed by atoms with Gasteiger partial charge in [0.2, 0.25) is 0 Å². The minimum absolute atomic E-state index is 0.154. The molecule has 0 aromatic carbocycles. The lowest BCUT2D eigenvalue weighted by molar-refractivity contribution is 0.233. The highest BCUT2D eigenvalue weighted by atomic mass is 32.1. The molecule has 0 bridgehead atoms. The molecule has 0 fully saturated rings. The van der Waals surface area contributed by atoms with Crippen LogP contribution in [-0.4, -0.2) is 29.3 Å². The van der Waals surface area contributed by atoms with Gasteiger partial charge in [0.15, 0.2) is 0 Å². The molecule has 1 rings (SSSR count). The number of urea groups is 1. The largest absolute Gasteiger partial charge is 0.396 e. The Morgan fingerprint density at radius 3 is 2.74 bits per heavy atom. The zero-order valence-electron chi connectivity index (χ0n) is 11.8. The first-order chi connectivity index (χ1) is 9.02. The van der Waals surface area contributed by atoms with Crippen molar-refractivity contribution in [1.82, 2.24) is 15.6 Å². The van der Waals surface area contributed by atoms with E-state index in [0.29, 0.717) is 25.4 Å². The van der Waals surface area contributed by atoms with Crippen LogP contribution in [0.3, 0.4) is 0 Å². The zero-order chi connectivity index (χ0) is 14.3. The molecule has 1 aromatic heterocycles. The molecular weight excluding hydrogens is 262 g/mol. The Balaban J connectivity index is 2.25. The molecule has 1 atom stereocenters. The lowest BCUT2D eigenvalue weighted by atomic mass is 10.1. The molecule has 0 saturated carbocycles. The number of carbonyl (C=O) groups excluding carboxylic acids is 1. The summed E-state index contributed by atoms with van der Waals surface area (Å²) in [7, 11) is 0. The second-order valence-electron chi connectivity index (χ2n) is 5.01. The third kappa shape index (κ3) is 6.02. The van der Waals surface area contributed by atoms with E-state index in [1.165, 1.54) is 0 Å². The second kappa shape index (κ2) is 8.12. The molecule has 0 radical (unpaired) electrons. The van der Waals surface area contributed by atoms with Crippen LogP contribution in [0.25, 0.3) is 0 Å². The third-order valence-corrected chi connectivity index (χ3v) is 3.92. The van der Waals surface area contributed by atoms with Crippen LogP contribution in [0, 0.1) is 5.92 Å². The maximum absolute atomic E-state index is 11.6. The molecular formula is C13H23N3O2S. The van der Waals surface area contributed by atoms with E-state index in [4.69, 9.17) is 5.11 Å². The van der Waals surface area contributed by atoms with Crippen LogP contribution in [-0.2, 0) is 6.54 Å². The number of thiazole rings is 1. The summed E-state index contributed by atoms with van der Waals surface area (Å²) in [5.74, 6) is 0.703. The number of hydrogen-bond donors (Lipinski definition) is 3. The fourth-order valence-electron chi connectivity index (χ4n) is 1.49. The van der Waals surface area contributed by atoms with Gasteiger partial charge in [-0.15, -0.1) is 11.3 Å². The minimum atomic E-state index is -0.191. The predicted molar refractivity (Wildman–Crippen MR) is 77.3 cm³/mol. The topological polar surface area (TPSA) is 74.2 Å². The van der Waals surface area contributed by atoms with Gasteiger partial charge < -0.3 is 15.7 Å². The SMILES string of the molecule is CC(CCO)CNC(=O)NCc1csc(C(C)C)n1. The van der Waals surface area contributed by atoms with Gasteiger partial charge in [-0.2, -0.15) is 0 Å². The van der Waals surface area contributed by atoms with Crippen molar-refractivity contribution >= 4 is 17.4 Å². The number of amides is 2. The molecule has 0 aliphatic rings. The van der Waals surface area contributed by atoms with Crippen molar-refractivity contribution in [3.8, 4) is 0 Å². The number of aromatic nitrogens is 1. The van der Waals surface area contributed by atoms with Crippen molar-refractivity contribution in [2.45, 2.75) is 39.7 Å². The number of nitrogens with zero attached hydrogens (tertiary/aromatic N) is 1. The number of hydrogen-bond acceptors (Lipinski definition) is 4. The standard InChI is InChI=1S/C13H23N3O2S/c1-9(2)12-16-11(8-19-12)7-15-13(18)14-6-10(3)4-5-17/h8-10,17H,4-7H2,1-3H3,(H2,14,15,18). The average Bonchev–Trinajstić information content (AvgIpc) is 2.83. The molecule has 0 spiro atoms. The molecule has 108 valence electrons. The van der Waals surface area contributed by atoms with Crippen LogP contribution in [0.1, 0.15) is 43.8 Å². The van der Waals surface area contributed by atoms with Gasteiger partial charge in [0.05, 0.1) is 17.2 Å². The number of rotatable bonds is 7. The molecule has 2 amide bonds.